The third-order valence-electron chi connectivity index (χ3n) is 4.31. The number of aliphatic imine (C=N–C) groups is 2. The first-order chi connectivity index (χ1) is 11.6. The first-order valence-electron chi connectivity index (χ1n) is 8.21. The molecule has 1 aliphatic rings. The lowest BCUT2D eigenvalue weighted by Crippen LogP contribution is -2.31. The van der Waals surface area contributed by atoms with Crippen LogP contribution < -0.4 is 5.32 Å². The highest BCUT2D eigenvalue weighted by Crippen LogP contribution is 2.18. The Bertz CT molecular complexity index is 779. The van der Waals surface area contributed by atoms with Gasteiger partial charge in [-0.15, -0.1) is 0 Å². The summed E-state index contributed by atoms with van der Waals surface area (Å²) in [5, 5.41) is 3.49. The molecule has 3 rings (SSSR count). The number of pyridine rings is 1. The Hall–Kier alpha value is -2.69. The van der Waals surface area contributed by atoms with Crippen molar-refractivity contribution in [2.75, 3.05) is 25.0 Å². The first-order valence-corrected chi connectivity index (χ1v) is 8.21. The molecule has 0 saturated heterocycles. The van der Waals surface area contributed by atoms with E-state index < -0.39 is 0 Å². The number of rotatable bonds is 5. The van der Waals surface area contributed by atoms with Gasteiger partial charge in [-0.2, -0.15) is 0 Å². The minimum Gasteiger partial charge on any atom is -0.378 e. The van der Waals surface area contributed by atoms with Gasteiger partial charge >= 0.3 is 0 Å². The standard InChI is InChI=1S/C19H23N5/c1-14-6-4-8-17(16(14)3)22-12-18-20-10-11-24(18)13-23-19-15(2)7-5-9-21-19/h4-9,13,22H,10-12H2,1-3H3/b23-13+. The van der Waals surface area contributed by atoms with Gasteiger partial charge < -0.3 is 10.2 Å². The average Bonchev–Trinajstić information content (AvgIpc) is 3.03. The van der Waals surface area contributed by atoms with Gasteiger partial charge in [0.25, 0.3) is 0 Å². The van der Waals surface area contributed by atoms with Crippen LogP contribution in [0.1, 0.15) is 16.7 Å². The highest BCUT2D eigenvalue weighted by atomic mass is 15.3. The highest BCUT2D eigenvalue weighted by molar-refractivity contribution is 5.96. The van der Waals surface area contributed by atoms with Crippen LogP contribution in [0.25, 0.3) is 0 Å². The van der Waals surface area contributed by atoms with Gasteiger partial charge in [0.2, 0.25) is 0 Å². The van der Waals surface area contributed by atoms with Gasteiger partial charge in [-0.05, 0) is 49.6 Å². The van der Waals surface area contributed by atoms with Crippen molar-refractivity contribution in [1.29, 1.82) is 0 Å². The van der Waals surface area contributed by atoms with Crippen LogP contribution >= 0.6 is 0 Å². The van der Waals surface area contributed by atoms with Crippen LogP contribution in [-0.2, 0) is 0 Å². The summed E-state index contributed by atoms with van der Waals surface area (Å²) in [6.07, 6.45) is 3.60. The smallest absolute Gasteiger partial charge is 0.156 e. The molecule has 24 heavy (non-hydrogen) atoms. The van der Waals surface area contributed by atoms with Gasteiger partial charge in [0.15, 0.2) is 5.82 Å². The molecule has 1 aliphatic heterocycles. The molecule has 5 nitrogen and oxygen atoms in total. The van der Waals surface area contributed by atoms with E-state index >= 15 is 0 Å². The highest BCUT2D eigenvalue weighted by Gasteiger charge is 2.15. The van der Waals surface area contributed by atoms with Crippen LogP contribution in [0.5, 0.6) is 0 Å². The quantitative estimate of drug-likeness (QED) is 0.677. The molecule has 0 fully saturated rings. The van der Waals surface area contributed by atoms with E-state index in [1.165, 1.54) is 11.1 Å². The number of hydrogen-bond acceptors (Lipinski definition) is 4. The maximum absolute atomic E-state index is 4.59. The molecule has 0 radical (unpaired) electrons. The van der Waals surface area contributed by atoms with Crippen molar-refractivity contribution in [1.82, 2.24) is 9.88 Å². The summed E-state index contributed by atoms with van der Waals surface area (Å²) in [5.41, 5.74) is 4.79. The van der Waals surface area contributed by atoms with Crippen molar-refractivity contribution >= 4 is 23.7 Å². The van der Waals surface area contributed by atoms with E-state index in [1.54, 1.807) is 6.20 Å². The molecule has 5 heteroatoms. The van der Waals surface area contributed by atoms with Crippen LogP contribution in [0.3, 0.4) is 0 Å². The molecule has 1 N–H and O–H groups in total. The van der Waals surface area contributed by atoms with E-state index in [0.717, 1.165) is 36.0 Å². The zero-order chi connectivity index (χ0) is 16.9. The van der Waals surface area contributed by atoms with E-state index in [0.29, 0.717) is 6.54 Å². The van der Waals surface area contributed by atoms with Crippen molar-refractivity contribution < 1.29 is 0 Å². The second kappa shape index (κ2) is 7.25. The van der Waals surface area contributed by atoms with Crippen molar-refractivity contribution in [2.24, 2.45) is 9.98 Å². The van der Waals surface area contributed by atoms with E-state index in [4.69, 9.17) is 0 Å². The summed E-state index contributed by atoms with van der Waals surface area (Å²) < 4.78 is 0. The summed E-state index contributed by atoms with van der Waals surface area (Å²) in [6.45, 7) is 8.63. The number of nitrogens with one attached hydrogen (secondary N) is 1. The Morgan fingerprint density at radius 2 is 2.00 bits per heavy atom. The molecule has 0 amide bonds. The molecule has 0 bridgehead atoms. The molecular weight excluding hydrogens is 298 g/mol. The van der Waals surface area contributed by atoms with Crippen molar-refractivity contribution in [3.8, 4) is 0 Å². The predicted octanol–water partition coefficient (Wildman–Crippen LogP) is 3.49. The maximum atomic E-state index is 4.59. The minimum absolute atomic E-state index is 0.692. The van der Waals surface area contributed by atoms with Gasteiger partial charge in [-0.3, -0.25) is 4.99 Å². The van der Waals surface area contributed by atoms with Crippen molar-refractivity contribution in [3.63, 3.8) is 0 Å². The molecule has 0 saturated carbocycles. The molecule has 0 atom stereocenters. The van der Waals surface area contributed by atoms with Crippen LogP contribution in [0, 0.1) is 20.8 Å². The summed E-state index contributed by atoms with van der Waals surface area (Å²) in [6, 6.07) is 10.2. The Balaban J connectivity index is 1.66. The van der Waals surface area contributed by atoms with Crippen LogP contribution in [-0.4, -0.2) is 41.7 Å². The summed E-state index contributed by atoms with van der Waals surface area (Å²) in [7, 11) is 0. The molecule has 2 heterocycles. The Morgan fingerprint density at radius 3 is 2.83 bits per heavy atom. The lowest BCUT2D eigenvalue weighted by atomic mass is 10.1. The van der Waals surface area contributed by atoms with E-state index in [-0.39, 0.29) is 0 Å². The van der Waals surface area contributed by atoms with Crippen molar-refractivity contribution in [3.05, 3.63) is 53.2 Å². The number of benzene rings is 1. The summed E-state index contributed by atoms with van der Waals surface area (Å²) in [4.78, 5) is 15.5. The van der Waals surface area contributed by atoms with Gasteiger partial charge in [0.05, 0.1) is 19.4 Å². The topological polar surface area (TPSA) is 52.9 Å². The zero-order valence-electron chi connectivity index (χ0n) is 14.5. The Kier molecular flexibility index (Phi) is 4.89. The average molecular weight is 321 g/mol. The lowest BCUT2D eigenvalue weighted by molar-refractivity contribution is 0.677. The molecule has 2 aromatic rings. The van der Waals surface area contributed by atoms with E-state index in [9.17, 15) is 0 Å². The monoisotopic (exact) mass is 321 g/mol. The van der Waals surface area contributed by atoms with E-state index in [2.05, 4.69) is 57.2 Å². The van der Waals surface area contributed by atoms with Gasteiger partial charge in [-0.1, -0.05) is 18.2 Å². The fraction of sp³-hybridized carbons (Fsp3) is 0.316. The summed E-state index contributed by atoms with van der Waals surface area (Å²) >= 11 is 0. The summed E-state index contributed by atoms with van der Waals surface area (Å²) in [5.74, 6) is 1.76. The molecule has 0 aliphatic carbocycles. The van der Waals surface area contributed by atoms with Crippen molar-refractivity contribution in [2.45, 2.75) is 20.8 Å². The van der Waals surface area contributed by atoms with E-state index in [1.807, 2.05) is 25.4 Å². The number of hydrogen-bond donors (Lipinski definition) is 1. The zero-order valence-corrected chi connectivity index (χ0v) is 14.5. The third-order valence-corrected chi connectivity index (χ3v) is 4.31. The number of nitrogens with zero attached hydrogens (tertiary/aromatic N) is 4. The fourth-order valence-electron chi connectivity index (χ4n) is 2.64. The Labute approximate surface area is 143 Å². The van der Waals surface area contributed by atoms with Gasteiger partial charge in [-0.25, -0.2) is 9.98 Å². The second-order valence-electron chi connectivity index (χ2n) is 5.98. The third kappa shape index (κ3) is 3.62. The maximum Gasteiger partial charge on any atom is 0.156 e. The molecule has 124 valence electrons. The predicted molar refractivity (Wildman–Crippen MR) is 101 cm³/mol. The number of aromatic nitrogens is 1. The number of anilines is 1. The normalized spacial score (nSPS) is 14.3. The van der Waals surface area contributed by atoms with Gasteiger partial charge in [0, 0.05) is 18.4 Å². The van der Waals surface area contributed by atoms with Crippen LogP contribution in [0.15, 0.2) is 46.5 Å². The fourth-order valence-corrected chi connectivity index (χ4v) is 2.64. The molecule has 1 aromatic heterocycles. The number of aryl methyl sites for hydroxylation is 2. The second-order valence-corrected chi connectivity index (χ2v) is 5.98. The Morgan fingerprint density at radius 1 is 1.17 bits per heavy atom. The largest absolute Gasteiger partial charge is 0.378 e. The molecule has 0 unspecified atom stereocenters. The molecule has 0 spiro atoms. The minimum atomic E-state index is 0.692. The van der Waals surface area contributed by atoms with Crippen LogP contribution in [0.4, 0.5) is 11.5 Å². The molecule has 1 aromatic carbocycles. The van der Waals surface area contributed by atoms with Gasteiger partial charge in [0.1, 0.15) is 5.84 Å². The number of amidine groups is 1. The first kappa shape index (κ1) is 16.2. The molecular formula is C19H23N5. The van der Waals surface area contributed by atoms with Crippen LogP contribution in [0.2, 0.25) is 0 Å². The SMILES string of the molecule is Cc1cccnc1/N=C/N1CCN=C1CNc1cccc(C)c1C. The lowest BCUT2D eigenvalue weighted by Gasteiger charge is -2.17.